The van der Waals surface area contributed by atoms with Crippen LogP contribution in [0.25, 0.3) is 0 Å². The Bertz CT molecular complexity index is 922. The van der Waals surface area contributed by atoms with E-state index < -0.39 is 21.8 Å². The molecule has 1 atom stereocenters. The number of hydrogen-bond acceptors (Lipinski definition) is 3. The number of amides is 1. The average molecular weight is 390 g/mol. The van der Waals surface area contributed by atoms with E-state index in [-0.39, 0.29) is 17.3 Å². The molecule has 0 unspecified atom stereocenters. The molecule has 5 nitrogen and oxygen atoms in total. The minimum Gasteiger partial charge on any atom is -0.326 e. The lowest BCUT2D eigenvalue weighted by molar-refractivity contribution is -0.120. The van der Waals surface area contributed by atoms with E-state index in [1.54, 1.807) is 0 Å². The van der Waals surface area contributed by atoms with Gasteiger partial charge < -0.3 is 5.32 Å². The molecule has 1 amide bonds. The molecule has 2 aromatic carbocycles. The number of carbonyl (C=O) groups is 1. The van der Waals surface area contributed by atoms with E-state index in [2.05, 4.69) is 5.32 Å². The molecule has 1 heterocycles. The van der Waals surface area contributed by atoms with Gasteiger partial charge in [-0.1, -0.05) is 6.07 Å². The highest BCUT2D eigenvalue weighted by Gasteiger charge is 2.33. The van der Waals surface area contributed by atoms with Gasteiger partial charge in [-0.05, 0) is 74.2 Å². The first-order chi connectivity index (χ1) is 12.8. The zero-order valence-corrected chi connectivity index (χ0v) is 16.2. The minimum atomic E-state index is -3.74. The topological polar surface area (TPSA) is 66.5 Å². The van der Waals surface area contributed by atoms with Crippen molar-refractivity contribution in [3.8, 4) is 0 Å². The summed E-state index contributed by atoms with van der Waals surface area (Å²) in [6, 6.07) is 10.6. The van der Waals surface area contributed by atoms with Gasteiger partial charge in [0.25, 0.3) is 0 Å². The molecule has 0 bridgehead atoms. The molecule has 0 spiro atoms. The summed E-state index contributed by atoms with van der Waals surface area (Å²) >= 11 is 0. The smallest absolute Gasteiger partial charge is 0.243 e. The highest BCUT2D eigenvalue weighted by molar-refractivity contribution is 7.89. The van der Waals surface area contributed by atoms with Crippen LogP contribution in [0.1, 0.15) is 24.0 Å². The number of nitrogens with one attached hydrogen (secondary N) is 1. The number of carbonyl (C=O) groups excluding carboxylic acids is 1. The number of rotatable bonds is 4. The molecule has 1 saturated heterocycles. The van der Waals surface area contributed by atoms with Crippen molar-refractivity contribution in [3.05, 3.63) is 59.4 Å². The molecule has 1 aliphatic rings. The van der Waals surface area contributed by atoms with E-state index in [9.17, 15) is 17.6 Å². The Kier molecular flexibility index (Phi) is 5.62. The molecule has 27 heavy (non-hydrogen) atoms. The third-order valence-corrected chi connectivity index (χ3v) is 6.57. The number of sulfonamides is 1. The first-order valence-electron chi connectivity index (χ1n) is 8.90. The molecule has 0 aromatic heterocycles. The maximum absolute atomic E-state index is 13.1. The first-order valence-corrected chi connectivity index (χ1v) is 10.3. The highest BCUT2D eigenvalue weighted by atomic mass is 32.2. The van der Waals surface area contributed by atoms with E-state index in [0.29, 0.717) is 19.4 Å². The van der Waals surface area contributed by atoms with Gasteiger partial charge >= 0.3 is 0 Å². The lowest BCUT2D eigenvalue weighted by Gasteiger charge is -2.31. The summed E-state index contributed by atoms with van der Waals surface area (Å²) in [6.07, 6.45) is 1.23. The van der Waals surface area contributed by atoms with Gasteiger partial charge in [0.2, 0.25) is 15.9 Å². The number of anilines is 1. The van der Waals surface area contributed by atoms with Gasteiger partial charge in [0.05, 0.1) is 10.8 Å². The van der Waals surface area contributed by atoms with Crippen molar-refractivity contribution in [1.29, 1.82) is 0 Å². The Morgan fingerprint density at radius 1 is 1.11 bits per heavy atom. The number of piperidine rings is 1. The van der Waals surface area contributed by atoms with E-state index in [1.165, 1.54) is 16.4 Å². The molecular weight excluding hydrogens is 367 g/mol. The van der Waals surface area contributed by atoms with Crippen LogP contribution < -0.4 is 5.32 Å². The summed E-state index contributed by atoms with van der Waals surface area (Å²) in [6.45, 7) is 4.39. The quantitative estimate of drug-likeness (QED) is 0.869. The van der Waals surface area contributed by atoms with Gasteiger partial charge in [-0.25, -0.2) is 12.8 Å². The summed E-state index contributed by atoms with van der Waals surface area (Å²) in [5, 5.41) is 2.90. The predicted molar refractivity (Wildman–Crippen MR) is 102 cm³/mol. The Balaban J connectivity index is 1.73. The molecule has 0 saturated carbocycles. The molecule has 1 N–H and O–H groups in total. The van der Waals surface area contributed by atoms with Crippen LogP contribution in [-0.2, 0) is 14.8 Å². The van der Waals surface area contributed by atoms with Gasteiger partial charge in [-0.3, -0.25) is 4.79 Å². The number of halogens is 1. The van der Waals surface area contributed by atoms with Gasteiger partial charge in [0.1, 0.15) is 5.82 Å². The fourth-order valence-electron chi connectivity index (χ4n) is 3.42. The largest absolute Gasteiger partial charge is 0.326 e. The van der Waals surface area contributed by atoms with Gasteiger partial charge in [-0.2, -0.15) is 4.31 Å². The van der Waals surface area contributed by atoms with Crippen molar-refractivity contribution in [1.82, 2.24) is 4.31 Å². The van der Waals surface area contributed by atoms with Crippen molar-refractivity contribution >= 4 is 21.6 Å². The molecule has 0 aliphatic carbocycles. The van der Waals surface area contributed by atoms with E-state index in [4.69, 9.17) is 0 Å². The second-order valence-electron chi connectivity index (χ2n) is 7.02. The van der Waals surface area contributed by atoms with Crippen LogP contribution in [-0.4, -0.2) is 31.7 Å². The van der Waals surface area contributed by atoms with Crippen molar-refractivity contribution in [3.63, 3.8) is 0 Å². The van der Waals surface area contributed by atoms with E-state index in [1.807, 2.05) is 32.0 Å². The maximum atomic E-state index is 13.1. The van der Waals surface area contributed by atoms with Crippen molar-refractivity contribution < 1.29 is 17.6 Å². The lowest BCUT2D eigenvalue weighted by Crippen LogP contribution is -2.43. The standard InChI is InChI=1S/C20H23FN2O3S/c1-14-10-15(2)12-18(11-14)22-20(24)16-4-3-9-23(13-16)27(25,26)19-7-5-17(21)6-8-19/h5-8,10-12,16H,3-4,9,13H2,1-2H3,(H,22,24)/t16-/m0/s1. The van der Waals surface area contributed by atoms with Crippen LogP contribution in [0.4, 0.5) is 10.1 Å². The third-order valence-electron chi connectivity index (χ3n) is 4.70. The van der Waals surface area contributed by atoms with Gasteiger partial charge in [0, 0.05) is 18.8 Å². The molecule has 144 valence electrons. The molecule has 3 rings (SSSR count). The second-order valence-corrected chi connectivity index (χ2v) is 8.96. The summed E-state index contributed by atoms with van der Waals surface area (Å²) in [5.74, 6) is -1.09. The molecule has 0 radical (unpaired) electrons. The second kappa shape index (κ2) is 7.78. The Labute approximate surface area is 159 Å². The average Bonchev–Trinajstić information content (AvgIpc) is 2.61. The fourth-order valence-corrected chi connectivity index (χ4v) is 4.95. The van der Waals surface area contributed by atoms with Crippen LogP contribution in [0, 0.1) is 25.6 Å². The van der Waals surface area contributed by atoms with E-state index in [0.717, 1.165) is 28.9 Å². The van der Waals surface area contributed by atoms with Gasteiger partial charge in [-0.15, -0.1) is 0 Å². The normalized spacial score (nSPS) is 18.3. The van der Waals surface area contributed by atoms with Crippen molar-refractivity contribution in [2.45, 2.75) is 31.6 Å². The first kappa shape index (κ1) is 19.5. The number of aryl methyl sites for hydroxylation is 2. The van der Waals surface area contributed by atoms with Crippen LogP contribution in [0.15, 0.2) is 47.4 Å². The monoisotopic (exact) mass is 390 g/mol. The third kappa shape index (κ3) is 4.54. The summed E-state index contributed by atoms with van der Waals surface area (Å²) in [5.41, 5.74) is 2.82. The Hall–Kier alpha value is -2.25. The molecular formula is C20H23FN2O3S. The Morgan fingerprint density at radius 2 is 1.74 bits per heavy atom. The van der Waals surface area contributed by atoms with Crippen LogP contribution >= 0.6 is 0 Å². The predicted octanol–water partition coefficient (Wildman–Crippen LogP) is 3.48. The summed E-state index contributed by atoms with van der Waals surface area (Å²) in [4.78, 5) is 12.7. The zero-order chi connectivity index (χ0) is 19.6. The van der Waals surface area contributed by atoms with Crippen LogP contribution in [0.3, 0.4) is 0 Å². The summed E-state index contributed by atoms with van der Waals surface area (Å²) in [7, 11) is -3.74. The zero-order valence-electron chi connectivity index (χ0n) is 15.4. The Morgan fingerprint density at radius 3 is 2.37 bits per heavy atom. The van der Waals surface area contributed by atoms with Crippen LogP contribution in [0.2, 0.25) is 0 Å². The number of hydrogen-bond donors (Lipinski definition) is 1. The van der Waals surface area contributed by atoms with Crippen molar-refractivity contribution in [2.24, 2.45) is 5.92 Å². The molecule has 1 fully saturated rings. The minimum absolute atomic E-state index is 0.0410. The maximum Gasteiger partial charge on any atom is 0.243 e. The van der Waals surface area contributed by atoms with Crippen LogP contribution in [0.5, 0.6) is 0 Å². The molecule has 1 aliphatic heterocycles. The van der Waals surface area contributed by atoms with Gasteiger partial charge in [0.15, 0.2) is 0 Å². The lowest BCUT2D eigenvalue weighted by atomic mass is 9.98. The number of nitrogens with zero attached hydrogens (tertiary/aromatic N) is 1. The van der Waals surface area contributed by atoms with E-state index >= 15 is 0 Å². The number of benzene rings is 2. The fraction of sp³-hybridized carbons (Fsp3) is 0.350. The SMILES string of the molecule is Cc1cc(C)cc(NC(=O)[C@H]2CCCN(S(=O)(=O)c3ccc(F)cc3)C2)c1. The molecule has 2 aromatic rings. The molecule has 7 heteroatoms. The summed E-state index contributed by atoms with van der Waals surface area (Å²) < 4.78 is 40.0. The highest BCUT2D eigenvalue weighted by Crippen LogP contribution is 2.25. The van der Waals surface area contributed by atoms with Crippen molar-refractivity contribution in [2.75, 3.05) is 18.4 Å².